The van der Waals surface area contributed by atoms with Crippen molar-refractivity contribution in [1.82, 2.24) is 9.97 Å². The summed E-state index contributed by atoms with van der Waals surface area (Å²) >= 11 is 5.58. The van der Waals surface area contributed by atoms with E-state index in [0.29, 0.717) is 0 Å². The highest BCUT2D eigenvalue weighted by molar-refractivity contribution is 9.10. The minimum atomic E-state index is 0.849. The molecule has 0 bridgehead atoms. The number of rotatable bonds is 2. The van der Waals surface area contributed by atoms with E-state index < -0.39 is 0 Å². The van der Waals surface area contributed by atoms with Crippen LogP contribution in [0.2, 0.25) is 0 Å². The van der Waals surface area contributed by atoms with Crippen molar-refractivity contribution in [2.45, 2.75) is 6.42 Å². The van der Waals surface area contributed by atoms with Gasteiger partial charge < -0.3 is 10.2 Å². The smallest absolute Gasteiger partial charge is 0.148 e. The maximum atomic E-state index is 4.37. The summed E-state index contributed by atoms with van der Waals surface area (Å²) in [6.07, 6.45) is 2.83. The number of hydrogen-bond donors (Lipinski definition) is 1. The number of aromatic nitrogens is 2. The molecule has 88 valence electrons. The summed E-state index contributed by atoms with van der Waals surface area (Å²) in [4.78, 5) is 10.9. The van der Waals surface area contributed by atoms with E-state index in [1.807, 2.05) is 18.8 Å². The van der Waals surface area contributed by atoms with Crippen LogP contribution in [0.3, 0.4) is 0 Å². The Morgan fingerprint density at radius 1 is 1.38 bits per heavy atom. The predicted octanol–water partition coefficient (Wildman–Crippen LogP) is 2.22. The van der Waals surface area contributed by atoms with Crippen LogP contribution in [-0.2, 0) is 0 Å². The standard InChI is InChI=1S/C10H15BrN4S/c1-12-9-8(11)10(14-7-13-9)15-3-2-5-16-6-4-15/h7H,2-6H2,1H3,(H,12,13,14). The van der Waals surface area contributed by atoms with Crippen molar-refractivity contribution in [1.29, 1.82) is 0 Å². The van der Waals surface area contributed by atoms with Gasteiger partial charge in [0.1, 0.15) is 22.4 Å². The van der Waals surface area contributed by atoms with Gasteiger partial charge in [-0.05, 0) is 28.1 Å². The number of nitrogens with zero attached hydrogens (tertiary/aromatic N) is 3. The molecule has 0 spiro atoms. The van der Waals surface area contributed by atoms with Gasteiger partial charge >= 0.3 is 0 Å². The topological polar surface area (TPSA) is 41.1 Å². The van der Waals surface area contributed by atoms with Crippen LogP contribution in [0.4, 0.5) is 11.6 Å². The lowest BCUT2D eigenvalue weighted by Crippen LogP contribution is -2.27. The Balaban J connectivity index is 2.24. The van der Waals surface area contributed by atoms with Crippen molar-refractivity contribution in [2.24, 2.45) is 0 Å². The second kappa shape index (κ2) is 5.72. The number of hydrogen-bond acceptors (Lipinski definition) is 5. The zero-order valence-electron chi connectivity index (χ0n) is 9.24. The molecule has 0 aromatic carbocycles. The summed E-state index contributed by atoms with van der Waals surface area (Å²) in [7, 11) is 1.87. The number of nitrogens with one attached hydrogen (secondary N) is 1. The molecule has 1 saturated heterocycles. The van der Waals surface area contributed by atoms with Crippen LogP contribution in [0.15, 0.2) is 10.8 Å². The van der Waals surface area contributed by atoms with Gasteiger partial charge in [-0.1, -0.05) is 0 Å². The lowest BCUT2D eigenvalue weighted by molar-refractivity contribution is 0.796. The van der Waals surface area contributed by atoms with Crippen molar-refractivity contribution in [2.75, 3.05) is 41.9 Å². The molecule has 1 aliphatic rings. The summed E-state index contributed by atoms with van der Waals surface area (Å²) in [5, 5.41) is 3.06. The first-order valence-electron chi connectivity index (χ1n) is 5.34. The van der Waals surface area contributed by atoms with Crippen LogP contribution < -0.4 is 10.2 Å². The quantitative estimate of drug-likeness (QED) is 0.907. The molecule has 0 aliphatic carbocycles. The third-order valence-electron chi connectivity index (χ3n) is 2.53. The van der Waals surface area contributed by atoms with Crippen LogP contribution in [0.1, 0.15) is 6.42 Å². The van der Waals surface area contributed by atoms with Crippen LogP contribution in [0, 0.1) is 0 Å². The monoisotopic (exact) mass is 302 g/mol. The normalized spacial score (nSPS) is 17.0. The lowest BCUT2D eigenvalue weighted by Gasteiger charge is -2.22. The van der Waals surface area contributed by atoms with Crippen LogP contribution in [-0.4, -0.2) is 41.6 Å². The maximum Gasteiger partial charge on any atom is 0.148 e. The molecule has 0 unspecified atom stereocenters. The Morgan fingerprint density at radius 2 is 2.25 bits per heavy atom. The minimum Gasteiger partial charge on any atom is -0.372 e. The molecule has 0 radical (unpaired) electrons. The van der Waals surface area contributed by atoms with Crippen molar-refractivity contribution in [3.05, 3.63) is 10.8 Å². The van der Waals surface area contributed by atoms with Crippen LogP contribution >= 0.6 is 27.7 Å². The highest BCUT2D eigenvalue weighted by atomic mass is 79.9. The molecular formula is C10H15BrN4S. The van der Waals surface area contributed by atoms with Crippen molar-refractivity contribution in [3.8, 4) is 0 Å². The molecule has 1 fully saturated rings. The molecule has 16 heavy (non-hydrogen) atoms. The molecule has 0 amide bonds. The van der Waals surface area contributed by atoms with Crippen molar-refractivity contribution in [3.63, 3.8) is 0 Å². The summed E-state index contributed by atoms with van der Waals surface area (Å²) in [5.74, 6) is 4.27. The van der Waals surface area contributed by atoms with E-state index in [4.69, 9.17) is 0 Å². The van der Waals surface area contributed by atoms with Crippen LogP contribution in [0.5, 0.6) is 0 Å². The Bertz CT molecular complexity index is 353. The van der Waals surface area contributed by atoms with Gasteiger partial charge in [-0.15, -0.1) is 0 Å². The zero-order chi connectivity index (χ0) is 11.4. The Hall–Kier alpha value is -0.490. The Kier molecular flexibility index (Phi) is 4.29. The van der Waals surface area contributed by atoms with Gasteiger partial charge in [-0.25, -0.2) is 9.97 Å². The van der Waals surface area contributed by atoms with Gasteiger partial charge in [0.25, 0.3) is 0 Å². The highest BCUT2D eigenvalue weighted by Crippen LogP contribution is 2.30. The third-order valence-corrected chi connectivity index (χ3v) is 4.31. The molecule has 2 heterocycles. The van der Waals surface area contributed by atoms with Gasteiger partial charge in [0.2, 0.25) is 0 Å². The molecule has 1 aliphatic heterocycles. The summed E-state index contributed by atoms with van der Waals surface area (Å²) in [5.41, 5.74) is 0. The number of anilines is 2. The van der Waals surface area contributed by atoms with Crippen LogP contribution in [0.25, 0.3) is 0 Å². The molecule has 2 rings (SSSR count). The van der Waals surface area contributed by atoms with E-state index in [1.54, 1.807) is 6.33 Å². The molecule has 1 aromatic rings. The molecule has 0 saturated carbocycles. The molecule has 6 heteroatoms. The van der Waals surface area contributed by atoms with Gasteiger partial charge in [-0.2, -0.15) is 11.8 Å². The SMILES string of the molecule is CNc1ncnc(N2CCCSCC2)c1Br. The molecule has 4 nitrogen and oxygen atoms in total. The largest absolute Gasteiger partial charge is 0.372 e. The molecular weight excluding hydrogens is 288 g/mol. The fourth-order valence-electron chi connectivity index (χ4n) is 1.71. The maximum absolute atomic E-state index is 4.37. The Morgan fingerprint density at radius 3 is 3.06 bits per heavy atom. The van der Waals surface area contributed by atoms with E-state index in [0.717, 1.165) is 29.2 Å². The van der Waals surface area contributed by atoms with Crippen molar-refractivity contribution >= 4 is 39.3 Å². The second-order valence-corrected chi connectivity index (χ2v) is 5.58. The molecule has 1 N–H and O–H groups in total. The van der Waals surface area contributed by atoms with Gasteiger partial charge in [0.15, 0.2) is 0 Å². The fraction of sp³-hybridized carbons (Fsp3) is 0.600. The van der Waals surface area contributed by atoms with E-state index in [1.165, 1.54) is 17.9 Å². The van der Waals surface area contributed by atoms with Gasteiger partial charge in [-0.3, -0.25) is 0 Å². The highest BCUT2D eigenvalue weighted by Gasteiger charge is 2.16. The first kappa shape index (κ1) is 12.0. The summed E-state index contributed by atoms with van der Waals surface area (Å²) in [6, 6.07) is 0. The summed E-state index contributed by atoms with van der Waals surface area (Å²) < 4.78 is 0.962. The Labute approximate surface area is 108 Å². The molecule has 0 atom stereocenters. The predicted molar refractivity (Wildman–Crippen MR) is 73.4 cm³/mol. The molecule has 1 aromatic heterocycles. The minimum absolute atomic E-state index is 0.849. The van der Waals surface area contributed by atoms with E-state index in [2.05, 4.69) is 36.1 Å². The average Bonchev–Trinajstić information content (AvgIpc) is 2.58. The van der Waals surface area contributed by atoms with Gasteiger partial charge in [0, 0.05) is 25.9 Å². The average molecular weight is 303 g/mol. The number of thioether (sulfide) groups is 1. The first-order valence-corrected chi connectivity index (χ1v) is 7.28. The third kappa shape index (κ3) is 2.60. The summed E-state index contributed by atoms with van der Waals surface area (Å²) in [6.45, 7) is 2.13. The first-order chi connectivity index (χ1) is 7.83. The lowest BCUT2D eigenvalue weighted by atomic mass is 10.4. The van der Waals surface area contributed by atoms with E-state index in [9.17, 15) is 0 Å². The fourth-order valence-corrected chi connectivity index (χ4v) is 3.25. The van der Waals surface area contributed by atoms with E-state index in [-0.39, 0.29) is 0 Å². The van der Waals surface area contributed by atoms with Crippen molar-refractivity contribution < 1.29 is 0 Å². The van der Waals surface area contributed by atoms with Gasteiger partial charge in [0.05, 0.1) is 0 Å². The zero-order valence-corrected chi connectivity index (χ0v) is 11.6. The van der Waals surface area contributed by atoms with E-state index >= 15 is 0 Å². The second-order valence-electron chi connectivity index (χ2n) is 3.56. The number of halogens is 1.